The molecule has 0 aromatic heterocycles. The molecular formula is C17H33N3O2. The van der Waals surface area contributed by atoms with E-state index in [1.165, 1.54) is 12.8 Å². The van der Waals surface area contributed by atoms with E-state index < -0.39 is 0 Å². The molecule has 2 heterocycles. The lowest BCUT2D eigenvalue weighted by atomic mass is 9.96. The molecule has 0 aliphatic carbocycles. The van der Waals surface area contributed by atoms with Crippen LogP contribution >= 0.6 is 0 Å². The van der Waals surface area contributed by atoms with Gasteiger partial charge in [0.2, 0.25) is 5.91 Å². The molecule has 1 N–H and O–H groups in total. The van der Waals surface area contributed by atoms with Crippen molar-refractivity contribution in [3.8, 4) is 0 Å². The van der Waals surface area contributed by atoms with Gasteiger partial charge in [-0.3, -0.25) is 9.69 Å². The van der Waals surface area contributed by atoms with E-state index >= 15 is 0 Å². The van der Waals surface area contributed by atoms with Gasteiger partial charge in [0, 0.05) is 33.7 Å². The number of carbonyl (C=O) groups excluding carboxylic acids is 1. The van der Waals surface area contributed by atoms with Crippen LogP contribution in [0.25, 0.3) is 0 Å². The number of β-amino-alcohol motifs (C(OH)–C–C–N with tert-alkyl or cyclic N) is 1. The minimum Gasteiger partial charge on any atom is -0.390 e. The van der Waals surface area contributed by atoms with Crippen molar-refractivity contribution >= 4 is 5.91 Å². The zero-order valence-electron chi connectivity index (χ0n) is 14.5. The average Bonchev–Trinajstić information content (AvgIpc) is 2.49. The Bertz CT molecular complexity index is 354. The summed E-state index contributed by atoms with van der Waals surface area (Å²) in [5.41, 5.74) is 0. The highest BCUT2D eigenvalue weighted by Crippen LogP contribution is 2.19. The second-order valence-corrected chi connectivity index (χ2v) is 7.47. The summed E-state index contributed by atoms with van der Waals surface area (Å²) < 4.78 is 0. The van der Waals surface area contributed by atoms with Crippen LogP contribution < -0.4 is 0 Å². The predicted octanol–water partition coefficient (Wildman–Crippen LogP) is 0.879. The summed E-state index contributed by atoms with van der Waals surface area (Å²) in [6.45, 7) is 7.80. The Balaban J connectivity index is 1.74. The number of piperidine rings is 2. The smallest absolute Gasteiger partial charge is 0.226 e. The SMILES string of the molecule is CC1CCN(CC(O)CN2CCCC(C(=O)N(C)C)C2)CC1. The van der Waals surface area contributed by atoms with Crippen LogP contribution in [0.5, 0.6) is 0 Å². The highest BCUT2D eigenvalue weighted by atomic mass is 16.3. The number of hydrogen-bond acceptors (Lipinski definition) is 4. The van der Waals surface area contributed by atoms with Gasteiger partial charge < -0.3 is 14.9 Å². The molecule has 0 aromatic rings. The molecule has 0 radical (unpaired) electrons. The number of hydrogen-bond donors (Lipinski definition) is 1. The third-order valence-electron chi connectivity index (χ3n) is 5.11. The molecule has 22 heavy (non-hydrogen) atoms. The Labute approximate surface area is 135 Å². The van der Waals surface area contributed by atoms with Gasteiger partial charge in [-0.2, -0.15) is 0 Å². The largest absolute Gasteiger partial charge is 0.390 e. The van der Waals surface area contributed by atoms with E-state index in [9.17, 15) is 9.90 Å². The first-order valence-electron chi connectivity index (χ1n) is 8.79. The van der Waals surface area contributed by atoms with Gasteiger partial charge in [-0.25, -0.2) is 0 Å². The van der Waals surface area contributed by atoms with Gasteiger partial charge in [0.1, 0.15) is 0 Å². The molecule has 5 heteroatoms. The molecule has 2 unspecified atom stereocenters. The first-order valence-corrected chi connectivity index (χ1v) is 8.79. The number of carbonyl (C=O) groups is 1. The van der Waals surface area contributed by atoms with Crippen molar-refractivity contribution in [1.82, 2.24) is 14.7 Å². The monoisotopic (exact) mass is 311 g/mol. The minimum atomic E-state index is -0.304. The number of amides is 1. The zero-order valence-corrected chi connectivity index (χ0v) is 14.5. The van der Waals surface area contributed by atoms with Gasteiger partial charge in [-0.15, -0.1) is 0 Å². The van der Waals surface area contributed by atoms with Crippen molar-refractivity contribution in [2.75, 3.05) is 53.4 Å². The Morgan fingerprint density at radius 3 is 2.41 bits per heavy atom. The van der Waals surface area contributed by atoms with Crippen molar-refractivity contribution in [2.24, 2.45) is 11.8 Å². The fraction of sp³-hybridized carbons (Fsp3) is 0.941. The highest BCUT2D eigenvalue weighted by molar-refractivity contribution is 5.78. The van der Waals surface area contributed by atoms with E-state index in [0.717, 1.165) is 51.5 Å². The number of aliphatic hydroxyl groups is 1. The lowest BCUT2D eigenvalue weighted by molar-refractivity contribution is -0.135. The van der Waals surface area contributed by atoms with Crippen LogP contribution in [0.2, 0.25) is 0 Å². The molecular weight excluding hydrogens is 278 g/mol. The predicted molar refractivity (Wildman–Crippen MR) is 88.7 cm³/mol. The van der Waals surface area contributed by atoms with Crippen molar-refractivity contribution in [1.29, 1.82) is 0 Å². The number of nitrogens with zero attached hydrogens (tertiary/aromatic N) is 3. The summed E-state index contributed by atoms with van der Waals surface area (Å²) in [4.78, 5) is 18.5. The fourth-order valence-corrected chi connectivity index (χ4v) is 3.69. The Kier molecular flexibility index (Phi) is 6.66. The third-order valence-corrected chi connectivity index (χ3v) is 5.11. The topological polar surface area (TPSA) is 47.0 Å². The molecule has 2 fully saturated rings. The minimum absolute atomic E-state index is 0.104. The molecule has 128 valence electrons. The molecule has 0 spiro atoms. The van der Waals surface area contributed by atoms with Gasteiger partial charge in [0.05, 0.1) is 12.0 Å². The second kappa shape index (κ2) is 8.27. The quantitative estimate of drug-likeness (QED) is 0.819. The molecule has 2 saturated heterocycles. The van der Waals surface area contributed by atoms with Crippen LogP contribution in [-0.2, 0) is 4.79 Å². The van der Waals surface area contributed by atoms with Crippen molar-refractivity contribution < 1.29 is 9.90 Å². The summed E-state index contributed by atoms with van der Waals surface area (Å²) in [7, 11) is 3.65. The Hall–Kier alpha value is -0.650. The molecule has 2 aliphatic rings. The first kappa shape index (κ1) is 17.7. The maximum absolute atomic E-state index is 12.1. The van der Waals surface area contributed by atoms with Crippen LogP contribution in [0.1, 0.15) is 32.6 Å². The second-order valence-electron chi connectivity index (χ2n) is 7.47. The first-order chi connectivity index (χ1) is 10.5. The summed E-state index contributed by atoms with van der Waals surface area (Å²) in [6, 6.07) is 0. The van der Waals surface area contributed by atoms with Crippen LogP contribution in [0, 0.1) is 11.8 Å². The van der Waals surface area contributed by atoms with Crippen molar-refractivity contribution in [3.05, 3.63) is 0 Å². The Morgan fingerprint density at radius 2 is 1.77 bits per heavy atom. The molecule has 1 amide bonds. The lowest BCUT2D eigenvalue weighted by Crippen LogP contribution is -2.47. The highest BCUT2D eigenvalue weighted by Gasteiger charge is 2.28. The van der Waals surface area contributed by atoms with Gasteiger partial charge in [-0.05, 0) is 51.2 Å². The standard InChI is InChI=1S/C17H33N3O2/c1-14-6-9-19(10-7-14)12-16(21)13-20-8-4-5-15(11-20)17(22)18(2)3/h14-16,21H,4-13H2,1-3H3. The van der Waals surface area contributed by atoms with E-state index in [4.69, 9.17) is 0 Å². The number of likely N-dealkylation sites (tertiary alicyclic amines) is 2. The summed E-state index contributed by atoms with van der Waals surface area (Å²) in [5, 5.41) is 10.4. The van der Waals surface area contributed by atoms with Crippen molar-refractivity contribution in [3.63, 3.8) is 0 Å². The van der Waals surface area contributed by atoms with Crippen LogP contribution in [-0.4, -0.2) is 85.2 Å². The summed E-state index contributed by atoms with van der Waals surface area (Å²) in [5.74, 6) is 1.16. The number of rotatable bonds is 5. The van der Waals surface area contributed by atoms with E-state index in [1.807, 2.05) is 14.1 Å². The molecule has 2 rings (SSSR count). The normalized spacial score (nSPS) is 26.8. The van der Waals surface area contributed by atoms with E-state index in [-0.39, 0.29) is 17.9 Å². The Morgan fingerprint density at radius 1 is 1.14 bits per heavy atom. The van der Waals surface area contributed by atoms with E-state index in [1.54, 1.807) is 4.90 Å². The maximum atomic E-state index is 12.1. The molecule has 2 aliphatic heterocycles. The molecule has 5 nitrogen and oxygen atoms in total. The van der Waals surface area contributed by atoms with E-state index in [2.05, 4.69) is 16.7 Å². The van der Waals surface area contributed by atoms with Crippen LogP contribution in [0.3, 0.4) is 0 Å². The van der Waals surface area contributed by atoms with Crippen LogP contribution in [0.4, 0.5) is 0 Å². The van der Waals surface area contributed by atoms with Crippen molar-refractivity contribution in [2.45, 2.75) is 38.7 Å². The van der Waals surface area contributed by atoms with Gasteiger partial charge in [0.25, 0.3) is 0 Å². The molecule has 2 atom stereocenters. The number of aliphatic hydroxyl groups excluding tert-OH is 1. The van der Waals surface area contributed by atoms with Gasteiger partial charge in [-0.1, -0.05) is 6.92 Å². The summed E-state index contributed by atoms with van der Waals surface area (Å²) >= 11 is 0. The summed E-state index contributed by atoms with van der Waals surface area (Å²) in [6.07, 6.45) is 4.22. The maximum Gasteiger partial charge on any atom is 0.226 e. The molecule has 0 aromatic carbocycles. The van der Waals surface area contributed by atoms with E-state index in [0.29, 0.717) is 6.54 Å². The van der Waals surface area contributed by atoms with Crippen LogP contribution in [0.15, 0.2) is 0 Å². The van der Waals surface area contributed by atoms with Gasteiger partial charge in [0.15, 0.2) is 0 Å². The van der Waals surface area contributed by atoms with Gasteiger partial charge >= 0.3 is 0 Å². The third kappa shape index (κ3) is 5.21. The molecule has 0 saturated carbocycles. The molecule has 0 bridgehead atoms. The average molecular weight is 311 g/mol. The fourth-order valence-electron chi connectivity index (χ4n) is 3.69. The zero-order chi connectivity index (χ0) is 16.1. The lowest BCUT2D eigenvalue weighted by Gasteiger charge is -2.36.